The summed E-state index contributed by atoms with van der Waals surface area (Å²) in [6.07, 6.45) is 2.44. The van der Waals surface area contributed by atoms with E-state index in [1.807, 2.05) is 37.1 Å². The number of halogens is 2. The van der Waals surface area contributed by atoms with E-state index in [-0.39, 0.29) is 22.5 Å². The van der Waals surface area contributed by atoms with Crippen molar-refractivity contribution in [3.8, 4) is 17.2 Å². The topological polar surface area (TPSA) is 90.6 Å². The van der Waals surface area contributed by atoms with Crippen LogP contribution in [0.3, 0.4) is 0 Å². The van der Waals surface area contributed by atoms with Gasteiger partial charge in [-0.1, -0.05) is 35.9 Å². The van der Waals surface area contributed by atoms with E-state index in [0.717, 1.165) is 18.7 Å². The Bertz CT molecular complexity index is 1810. The standard InChI is InChI=1S/C35H33ClFN5O3/c1-22-33(34(43)39-26-9-7-23(18-38)8-10-26)30(21-40(22)2)28-16-31(36)32(37)17-29(28)35(44)42-19-25-6-4-3-5-24(25)15-27(42)20-41-11-13-45-14-12-41/h3-10,16-17,21,27H,11-15,19-20H2,1-2H3,(H,39,43)/t27-/m0/s1. The number of hydrogen-bond donors (Lipinski definition) is 1. The van der Waals surface area contributed by atoms with Crippen molar-refractivity contribution in [2.24, 2.45) is 7.05 Å². The number of hydrogen-bond acceptors (Lipinski definition) is 5. The number of nitrogens with zero attached hydrogens (tertiary/aromatic N) is 4. The highest BCUT2D eigenvalue weighted by atomic mass is 35.5. The van der Waals surface area contributed by atoms with Crippen molar-refractivity contribution >= 4 is 29.1 Å². The average Bonchev–Trinajstić information content (AvgIpc) is 3.35. The number of carbonyl (C=O) groups excluding carboxylic acids is 2. The molecule has 1 saturated heterocycles. The van der Waals surface area contributed by atoms with E-state index in [1.165, 1.54) is 17.7 Å². The summed E-state index contributed by atoms with van der Waals surface area (Å²) in [7, 11) is 1.81. The summed E-state index contributed by atoms with van der Waals surface area (Å²) in [6, 6.07) is 19.2. The van der Waals surface area contributed by atoms with Crippen molar-refractivity contribution < 1.29 is 18.7 Å². The van der Waals surface area contributed by atoms with Gasteiger partial charge in [0, 0.05) is 62.4 Å². The zero-order valence-corrected chi connectivity index (χ0v) is 25.9. The highest BCUT2D eigenvalue weighted by molar-refractivity contribution is 6.31. The van der Waals surface area contributed by atoms with Crippen LogP contribution >= 0.6 is 11.6 Å². The second-order valence-corrected chi connectivity index (χ2v) is 11.9. The summed E-state index contributed by atoms with van der Waals surface area (Å²) >= 11 is 6.34. The number of nitrogens with one attached hydrogen (secondary N) is 1. The third-order valence-electron chi connectivity index (χ3n) is 8.75. The first-order valence-electron chi connectivity index (χ1n) is 14.9. The number of aromatic nitrogens is 1. The molecule has 230 valence electrons. The molecule has 3 aromatic carbocycles. The van der Waals surface area contributed by atoms with Crippen molar-refractivity contribution in [1.29, 1.82) is 5.26 Å². The fourth-order valence-electron chi connectivity index (χ4n) is 6.21. The predicted octanol–water partition coefficient (Wildman–Crippen LogP) is 5.82. The number of ether oxygens (including phenoxy) is 1. The SMILES string of the molecule is Cc1c(C(=O)Nc2ccc(C#N)cc2)c(-c2cc(Cl)c(F)cc2C(=O)N2Cc3ccccc3C[C@H]2CN2CCOCC2)cn1C. The summed E-state index contributed by atoms with van der Waals surface area (Å²) in [6.45, 7) is 5.70. The van der Waals surface area contributed by atoms with Gasteiger partial charge in [0.2, 0.25) is 0 Å². The number of anilines is 1. The minimum Gasteiger partial charge on any atom is -0.379 e. The lowest BCUT2D eigenvalue weighted by Crippen LogP contribution is -2.52. The van der Waals surface area contributed by atoms with E-state index < -0.39 is 11.7 Å². The van der Waals surface area contributed by atoms with Gasteiger partial charge in [-0.3, -0.25) is 14.5 Å². The Labute approximate surface area is 266 Å². The molecule has 0 bridgehead atoms. The molecular formula is C35H33ClFN5O3. The van der Waals surface area contributed by atoms with Gasteiger partial charge in [-0.2, -0.15) is 5.26 Å². The number of carbonyl (C=O) groups is 2. The highest BCUT2D eigenvalue weighted by Gasteiger charge is 2.34. The maximum Gasteiger partial charge on any atom is 0.258 e. The zero-order valence-electron chi connectivity index (χ0n) is 25.1. The normalized spacial score (nSPS) is 16.6. The first-order chi connectivity index (χ1) is 21.7. The van der Waals surface area contributed by atoms with Crippen molar-refractivity contribution in [2.45, 2.75) is 25.9 Å². The largest absolute Gasteiger partial charge is 0.379 e. The summed E-state index contributed by atoms with van der Waals surface area (Å²) in [5, 5.41) is 11.9. The molecule has 10 heteroatoms. The van der Waals surface area contributed by atoms with Gasteiger partial charge in [-0.15, -0.1) is 0 Å². The van der Waals surface area contributed by atoms with Gasteiger partial charge >= 0.3 is 0 Å². The van der Waals surface area contributed by atoms with Gasteiger partial charge in [0.15, 0.2) is 0 Å². The Morgan fingerprint density at radius 2 is 1.78 bits per heavy atom. The van der Waals surface area contributed by atoms with Crippen molar-refractivity contribution in [1.82, 2.24) is 14.4 Å². The minimum absolute atomic E-state index is 0.140. The molecule has 0 radical (unpaired) electrons. The minimum atomic E-state index is -0.706. The van der Waals surface area contributed by atoms with Crippen LogP contribution in [-0.2, 0) is 24.8 Å². The number of nitriles is 1. The van der Waals surface area contributed by atoms with Gasteiger partial charge in [-0.05, 0) is 66.4 Å². The lowest BCUT2D eigenvalue weighted by Gasteiger charge is -2.40. The van der Waals surface area contributed by atoms with Crippen LogP contribution in [-0.4, -0.2) is 65.1 Å². The molecule has 1 N–H and O–H groups in total. The maximum atomic E-state index is 15.2. The first-order valence-corrected chi connectivity index (χ1v) is 15.3. The van der Waals surface area contributed by atoms with Crippen molar-refractivity contribution in [3.05, 3.63) is 111 Å². The molecule has 2 aliphatic rings. The Morgan fingerprint density at radius 1 is 1.07 bits per heavy atom. The Hall–Kier alpha value is -4.49. The Kier molecular flexibility index (Phi) is 8.72. The third kappa shape index (κ3) is 6.22. The molecule has 0 spiro atoms. The number of aryl methyl sites for hydroxylation is 1. The summed E-state index contributed by atoms with van der Waals surface area (Å²) in [5.74, 6) is -1.43. The number of benzene rings is 3. The maximum absolute atomic E-state index is 15.2. The summed E-state index contributed by atoms with van der Waals surface area (Å²) in [4.78, 5) is 32.5. The predicted molar refractivity (Wildman–Crippen MR) is 171 cm³/mol. The van der Waals surface area contributed by atoms with Gasteiger partial charge in [-0.25, -0.2) is 4.39 Å². The van der Waals surface area contributed by atoms with Gasteiger partial charge < -0.3 is 19.5 Å². The second-order valence-electron chi connectivity index (χ2n) is 11.5. The zero-order chi connectivity index (χ0) is 31.7. The number of fused-ring (bicyclic) bond motifs is 1. The van der Waals surface area contributed by atoms with Crippen LogP contribution in [0, 0.1) is 24.1 Å². The van der Waals surface area contributed by atoms with Gasteiger partial charge in [0.25, 0.3) is 11.8 Å². The molecule has 0 saturated carbocycles. The van der Waals surface area contributed by atoms with E-state index in [2.05, 4.69) is 22.4 Å². The number of rotatable bonds is 6. The number of amides is 2. The molecule has 1 fully saturated rings. The fraction of sp³-hybridized carbons (Fsp3) is 0.286. The van der Waals surface area contributed by atoms with E-state index in [0.29, 0.717) is 66.4 Å². The van der Waals surface area contributed by atoms with E-state index >= 15 is 4.39 Å². The molecule has 4 aromatic rings. The van der Waals surface area contributed by atoms with Crippen LogP contribution in [0.4, 0.5) is 10.1 Å². The average molecular weight is 626 g/mol. The fourth-order valence-corrected chi connectivity index (χ4v) is 6.37. The molecule has 2 aliphatic heterocycles. The van der Waals surface area contributed by atoms with Crippen molar-refractivity contribution in [2.75, 3.05) is 38.2 Å². The molecule has 1 aromatic heterocycles. The lowest BCUT2D eigenvalue weighted by atomic mass is 9.91. The monoisotopic (exact) mass is 625 g/mol. The van der Waals surface area contributed by atoms with Crippen molar-refractivity contribution in [3.63, 3.8) is 0 Å². The Morgan fingerprint density at radius 3 is 2.49 bits per heavy atom. The van der Waals surface area contributed by atoms with E-state index in [1.54, 1.807) is 35.0 Å². The smallest absolute Gasteiger partial charge is 0.258 e. The van der Waals surface area contributed by atoms with Crippen LogP contribution in [0.2, 0.25) is 5.02 Å². The van der Waals surface area contributed by atoms with Crippen LogP contribution in [0.5, 0.6) is 0 Å². The molecule has 8 nitrogen and oxygen atoms in total. The molecule has 2 amide bonds. The molecule has 0 aliphatic carbocycles. The van der Waals surface area contributed by atoms with Gasteiger partial charge in [0.05, 0.1) is 41.0 Å². The molecule has 1 atom stereocenters. The first kappa shape index (κ1) is 30.5. The molecule has 3 heterocycles. The Balaban J connectivity index is 1.40. The third-order valence-corrected chi connectivity index (χ3v) is 9.04. The second kappa shape index (κ2) is 12.9. The quantitative estimate of drug-likeness (QED) is 0.292. The van der Waals surface area contributed by atoms with Crippen LogP contribution in [0.15, 0.2) is 66.9 Å². The lowest BCUT2D eigenvalue weighted by molar-refractivity contribution is 0.0193. The highest BCUT2D eigenvalue weighted by Crippen LogP contribution is 2.36. The molecular weight excluding hydrogens is 593 g/mol. The number of morpholine rings is 1. The molecule has 45 heavy (non-hydrogen) atoms. The van der Waals surface area contributed by atoms with Crippen LogP contribution in [0.25, 0.3) is 11.1 Å². The van der Waals surface area contributed by atoms with Crippen LogP contribution < -0.4 is 5.32 Å². The van der Waals surface area contributed by atoms with Gasteiger partial charge in [0.1, 0.15) is 5.82 Å². The summed E-state index contributed by atoms with van der Waals surface area (Å²) in [5.41, 5.74) is 5.22. The van der Waals surface area contributed by atoms with E-state index in [9.17, 15) is 9.59 Å². The van der Waals surface area contributed by atoms with Crippen LogP contribution in [0.1, 0.15) is 43.1 Å². The summed E-state index contributed by atoms with van der Waals surface area (Å²) < 4.78 is 22.5. The molecule has 0 unspecified atom stereocenters. The van der Waals surface area contributed by atoms with E-state index in [4.69, 9.17) is 21.6 Å². The molecule has 6 rings (SSSR count).